The Bertz CT molecular complexity index is 1050. The fraction of sp³-hybridized carbons (Fsp3) is 0.417. The van der Waals surface area contributed by atoms with E-state index < -0.39 is 10.8 Å². The van der Waals surface area contributed by atoms with Crippen LogP contribution >= 0.6 is 0 Å². The molecule has 0 aromatic heterocycles. The summed E-state index contributed by atoms with van der Waals surface area (Å²) in [7, 11) is 0. The number of carbonyl (C=O) groups excluding carboxylic acids is 1. The van der Waals surface area contributed by atoms with Crippen molar-refractivity contribution in [1.82, 2.24) is 5.43 Å². The zero-order valence-corrected chi connectivity index (χ0v) is 19.2. The summed E-state index contributed by atoms with van der Waals surface area (Å²) >= 11 is 0. The lowest BCUT2D eigenvalue weighted by Gasteiger charge is -2.47. The summed E-state index contributed by atoms with van der Waals surface area (Å²) < 4.78 is 5.29. The molecule has 2 aromatic rings. The summed E-state index contributed by atoms with van der Waals surface area (Å²) in [6.45, 7) is 11.6. The minimum Gasteiger partial charge on any atom is -0.477 e. The van der Waals surface area contributed by atoms with Crippen LogP contribution < -0.4 is 15.1 Å². The number of hydrogen-bond acceptors (Lipinski definition) is 6. The third-order valence-electron chi connectivity index (χ3n) is 5.90. The molecule has 0 fully saturated rings. The molecule has 1 atom stereocenters. The van der Waals surface area contributed by atoms with Crippen molar-refractivity contribution >= 4 is 23.5 Å². The van der Waals surface area contributed by atoms with Crippen molar-refractivity contribution in [3.8, 4) is 5.75 Å². The van der Waals surface area contributed by atoms with E-state index in [0.29, 0.717) is 5.92 Å². The number of rotatable bonds is 7. The third kappa shape index (κ3) is 4.90. The summed E-state index contributed by atoms with van der Waals surface area (Å²) in [4.78, 5) is 25.0. The highest BCUT2D eigenvalue weighted by molar-refractivity contribution is 5.86. The maximum Gasteiger partial charge on any atom is 0.310 e. The molecule has 1 heterocycles. The number of hydrazone groups is 1. The molecule has 1 amide bonds. The summed E-state index contributed by atoms with van der Waals surface area (Å²) in [5.74, 6) is -0.0398. The minimum atomic E-state index is -0.550. The standard InChI is InChI=1S/C24H30N4O4/c1-6-27-21-11-16(2)18(12-19(21)17(3)13-24(27,4)5)14-25-26-23(29)15-32-22-10-8-7-9-20(22)28(30)31/h7-12,14,17H,6,13,15H2,1-5H3,(H,26,29)/b25-14+/t17-/m0/s1. The van der Waals surface area contributed by atoms with Gasteiger partial charge < -0.3 is 9.64 Å². The summed E-state index contributed by atoms with van der Waals surface area (Å²) in [6.07, 6.45) is 2.69. The number of aryl methyl sites for hydroxylation is 1. The Morgan fingerprint density at radius 1 is 1.38 bits per heavy atom. The third-order valence-corrected chi connectivity index (χ3v) is 5.90. The van der Waals surface area contributed by atoms with Gasteiger partial charge in [-0.2, -0.15) is 5.10 Å². The van der Waals surface area contributed by atoms with Crippen LogP contribution in [0, 0.1) is 17.0 Å². The highest BCUT2D eigenvalue weighted by Crippen LogP contribution is 2.44. The first kappa shape index (κ1) is 23.2. The molecule has 3 rings (SSSR count). The Morgan fingerprint density at radius 3 is 2.78 bits per heavy atom. The van der Waals surface area contributed by atoms with Gasteiger partial charge in [-0.3, -0.25) is 14.9 Å². The Balaban J connectivity index is 1.68. The Hall–Kier alpha value is -3.42. The lowest BCUT2D eigenvalue weighted by molar-refractivity contribution is -0.385. The maximum atomic E-state index is 12.1. The molecule has 0 saturated heterocycles. The predicted octanol–water partition coefficient (Wildman–Crippen LogP) is 4.54. The number of anilines is 1. The quantitative estimate of drug-likeness (QED) is 0.389. The minimum absolute atomic E-state index is 0.0413. The number of amides is 1. The van der Waals surface area contributed by atoms with Gasteiger partial charge in [0.1, 0.15) is 0 Å². The van der Waals surface area contributed by atoms with Crippen LogP contribution in [0.1, 0.15) is 56.7 Å². The van der Waals surface area contributed by atoms with Crippen LogP contribution in [0.15, 0.2) is 41.5 Å². The zero-order valence-electron chi connectivity index (χ0n) is 19.2. The van der Waals surface area contributed by atoms with Crippen molar-refractivity contribution < 1.29 is 14.5 Å². The first-order valence-electron chi connectivity index (χ1n) is 10.7. The summed E-state index contributed by atoms with van der Waals surface area (Å²) in [5, 5.41) is 15.1. The molecule has 0 spiro atoms. The van der Waals surface area contributed by atoms with Gasteiger partial charge in [0.15, 0.2) is 12.4 Å². The predicted molar refractivity (Wildman–Crippen MR) is 126 cm³/mol. The van der Waals surface area contributed by atoms with E-state index in [-0.39, 0.29) is 23.6 Å². The van der Waals surface area contributed by atoms with Gasteiger partial charge in [0, 0.05) is 23.8 Å². The van der Waals surface area contributed by atoms with E-state index in [4.69, 9.17) is 4.74 Å². The fourth-order valence-electron chi connectivity index (χ4n) is 4.47. The monoisotopic (exact) mass is 438 g/mol. The molecule has 1 aliphatic rings. The van der Waals surface area contributed by atoms with Gasteiger partial charge in [0.25, 0.3) is 5.91 Å². The molecule has 8 heteroatoms. The van der Waals surface area contributed by atoms with Crippen LogP contribution in [0.4, 0.5) is 11.4 Å². The van der Waals surface area contributed by atoms with Crippen molar-refractivity contribution in [2.45, 2.75) is 52.5 Å². The van der Waals surface area contributed by atoms with Crippen molar-refractivity contribution in [2.24, 2.45) is 5.10 Å². The second-order valence-corrected chi connectivity index (χ2v) is 8.74. The van der Waals surface area contributed by atoms with Crippen LogP contribution in [0.3, 0.4) is 0 Å². The fourth-order valence-corrected chi connectivity index (χ4v) is 4.47. The first-order valence-corrected chi connectivity index (χ1v) is 10.7. The van der Waals surface area contributed by atoms with Gasteiger partial charge >= 0.3 is 5.69 Å². The average molecular weight is 439 g/mol. The second-order valence-electron chi connectivity index (χ2n) is 8.74. The number of nitro groups is 1. The SMILES string of the molecule is CCN1c2cc(C)c(/C=N/NC(=O)COc3ccccc3[N+](=O)[O-])cc2[C@@H](C)CC1(C)C. The van der Waals surface area contributed by atoms with Gasteiger partial charge in [-0.15, -0.1) is 0 Å². The average Bonchev–Trinajstić information content (AvgIpc) is 2.73. The zero-order chi connectivity index (χ0) is 23.5. The van der Waals surface area contributed by atoms with Crippen molar-refractivity contribution in [1.29, 1.82) is 0 Å². The van der Waals surface area contributed by atoms with Gasteiger partial charge in [-0.05, 0) is 74.9 Å². The number of para-hydroxylation sites is 2. The lowest BCUT2D eigenvalue weighted by Crippen LogP contribution is -2.48. The van der Waals surface area contributed by atoms with E-state index in [1.54, 1.807) is 12.3 Å². The number of nitrogens with zero attached hydrogens (tertiary/aromatic N) is 3. The molecule has 0 saturated carbocycles. The smallest absolute Gasteiger partial charge is 0.310 e. The van der Waals surface area contributed by atoms with E-state index in [1.807, 2.05) is 6.92 Å². The number of hydrogen-bond donors (Lipinski definition) is 1. The van der Waals surface area contributed by atoms with Gasteiger partial charge in [-0.25, -0.2) is 5.43 Å². The Labute approximate surface area is 188 Å². The summed E-state index contributed by atoms with van der Waals surface area (Å²) in [5.41, 5.74) is 6.89. The molecule has 32 heavy (non-hydrogen) atoms. The molecule has 0 aliphatic carbocycles. The number of ether oxygens (including phenoxy) is 1. The van der Waals surface area contributed by atoms with Crippen molar-refractivity contribution in [3.63, 3.8) is 0 Å². The topological polar surface area (TPSA) is 97.1 Å². The van der Waals surface area contributed by atoms with Gasteiger partial charge in [0.05, 0.1) is 11.1 Å². The second kappa shape index (κ2) is 9.38. The van der Waals surface area contributed by atoms with E-state index in [2.05, 4.69) is 55.3 Å². The molecule has 1 N–H and O–H groups in total. The highest BCUT2D eigenvalue weighted by atomic mass is 16.6. The molecular formula is C24H30N4O4. The van der Waals surface area contributed by atoms with Crippen molar-refractivity contribution in [3.05, 3.63) is 63.2 Å². The molecular weight excluding hydrogens is 408 g/mol. The molecule has 0 unspecified atom stereocenters. The number of carbonyl (C=O) groups is 1. The largest absolute Gasteiger partial charge is 0.477 e. The Kier molecular flexibility index (Phi) is 6.81. The van der Waals surface area contributed by atoms with Gasteiger partial charge in [0.2, 0.25) is 0 Å². The molecule has 2 aromatic carbocycles. The number of fused-ring (bicyclic) bond motifs is 1. The number of nitro benzene ring substituents is 1. The van der Waals surface area contributed by atoms with Crippen molar-refractivity contribution in [2.75, 3.05) is 18.1 Å². The van der Waals surface area contributed by atoms with E-state index in [0.717, 1.165) is 24.1 Å². The molecule has 170 valence electrons. The van der Waals surface area contributed by atoms with Crippen LogP contribution in [-0.4, -0.2) is 35.7 Å². The van der Waals surface area contributed by atoms with Gasteiger partial charge in [-0.1, -0.05) is 19.1 Å². The lowest BCUT2D eigenvalue weighted by atomic mass is 9.79. The Morgan fingerprint density at radius 2 is 2.09 bits per heavy atom. The normalized spacial score (nSPS) is 17.2. The van der Waals surface area contributed by atoms with Crippen LogP contribution in [-0.2, 0) is 4.79 Å². The molecule has 8 nitrogen and oxygen atoms in total. The summed E-state index contributed by atoms with van der Waals surface area (Å²) in [6, 6.07) is 10.3. The molecule has 0 radical (unpaired) electrons. The molecule has 0 bridgehead atoms. The van der Waals surface area contributed by atoms with E-state index in [1.165, 1.54) is 29.4 Å². The number of benzene rings is 2. The highest BCUT2D eigenvalue weighted by Gasteiger charge is 2.35. The van der Waals surface area contributed by atoms with Crippen LogP contribution in [0.2, 0.25) is 0 Å². The van der Waals surface area contributed by atoms with E-state index >= 15 is 0 Å². The molecule has 1 aliphatic heterocycles. The number of nitrogens with one attached hydrogen (secondary N) is 1. The van der Waals surface area contributed by atoms with E-state index in [9.17, 15) is 14.9 Å². The first-order chi connectivity index (χ1) is 15.1. The maximum absolute atomic E-state index is 12.1. The van der Waals surface area contributed by atoms with Crippen LogP contribution in [0.5, 0.6) is 5.75 Å². The van der Waals surface area contributed by atoms with Crippen LogP contribution in [0.25, 0.3) is 0 Å².